The van der Waals surface area contributed by atoms with E-state index in [0.717, 1.165) is 208 Å². The third-order valence-electron chi connectivity index (χ3n) is 24.1. The van der Waals surface area contributed by atoms with Crippen molar-refractivity contribution in [3.63, 3.8) is 0 Å². The molecule has 31 heteroatoms. The van der Waals surface area contributed by atoms with E-state index >= 15 is 0 Å². The number of rotatable bonds is 19. The van der Waals surface area contributed by atoms with Crippen LogP contribution in [0.2, 0.25) is 0 Å². The average Bonchev–Trinajstić information content (AvgIpc) is 1.62. The maximum atomic E-state index is 9.66. The molecule has 0 radical (unpaired) electrons. The van der Waals surface area contributed by atoms with Gasteiger partial charge < -0.3 is 84.5 Å². The largest absolute Gasteiger partial charge is 0.395 e. The van der Waals surface area contributed by atoms with Crippen LogP contribution in [0.1, 0.15) is 66.8 Å². The number of nitrogens with zero attached hydrogens (tertiary/aromatic N) is 21. The number of benzene rings is 8. The van der Waals surface area contributed by atoms with Gasteiger partial charge in [0.2, 0.25) is 0 Å². The number of hydrogen-bond acceptors (Lipinski definition) is 24. The fourth-order valence-corrected chi connectivity index (χ4v) is 17.3. The molecule has 0 aliphatic carbocycles. The van der Waals surface area contributed by atoms with Crippen molar-refractivity contribution in [1.29, 1.82) is 0 Å². The zero-order chi connectivity index (χ0) is 94.0. The maximum Gasteiger partial charge on any atom is 0.154 e. The van der Waals surface area contributed by atoms with Crippen molar-refractivity contribution in [2.45, 2.75) is 99.5 Å². The molecule has 134 heavy (non-hydrogen) atoms. The van der Waals surface area contributed by atoms with E-state index in [4.69, 9.17) is 20.2 Å². The number of aryl methyl sites for hydroxylation is 9. The summed E-state index contributed by atoms with van der Waals surface area (Å²) in [5.74, 6) is 8.65. The van der Waals surface area contributed by atoms with E-state index in [1.54, 1.807) is 19.7 Å². The lowest BCUT2D eigenvalue weighted by Gasteiger charge is -2.11. The Balaban J connectivity index is 0.000000114. The van der Waals surface area contributed by atoms with Crippen molar-refractivity contribution in [1.82, 2.24) is 102 Å². The Labute approximate surface area is 775 Å². The Morgan fingerprint density at radius 3 is 1.05 bits per heavy atom. The molecule has 0 fully saturated rings. The molecule has 14 aromatic heterocycles. The summed E-state index contributed by atoms with van der Waals surface area (Å²) in [5, 5.41) is 57.4. The second-order valence-electron chi connectivity index (χ2n) is 32.9. The van der Waals surface area contributed by atoms with Gasteiger partial charge in [-0.05, 0) is 101 Å². The van der Waals surface area contributed by atoms with E-state index < -0.39 is 6.10 Å². The second kappa shape index (κ2) is 40.8. The standard InChI is InChI=1S/C19H18N4.C17H22N4.C14H16N4O2.C14H16N4.C13H14N4O.2C13H14N4/c1-13-21-17-18(23(13)12-14-8-4-3-5-9-14)15-10-6-7-11-16(15)22-19(17)20-2;1-3-4-5-8-11-21-12-19-15-16(21)13-9-6-7-10-14(13)20-17(15)18-2;1-15-14-12-13(10-4-2-3-5-11(10)17-14)18(8-16-12)6-9(20)7-19;1-8-5-6-11-10(7-8)13-12(14(15-3)17-11)16-9(2)18(13)4;1-14-13-11-12(17(6-7-18)8-15-11)9-4-2-3-5-10(9)16-13;1-8-4-5-10-9(6-8)12-11(13(14-2)16-10)15-7-17(12)3;1-8-15-11-12(17(8)3)9-6-4-5-7-10(9)16-13(11)14-2/h3-11H,12H2,1-2H3,(H,20,22);6-7,9-10,12H,3-5,8,11H2,1-2H3,(H,18,20);2-5,8-9,19-20H,6-7H2,1H3,(H,15,17);5-7H,1-4H3,(H,15,17);2-5,8,18H,6-7H2,1H3,(H,14,16);2*4-7H,1-3H3,(H,14,16). The number of nitrogens with one attached hydrogen (secondary N) is 7. The van der Waals surface area contributed by atoms with Crippen LogP contribution in [0.25, 0.3) is 154 Å². The zero-order valence-electron chi connectivity index (χ0n) is 78.6. The fraction of sp³-hybridized carbons (Fsp3) is 0.262. The van der Waals surface area contributed by atoms with E-state index in [9.17, 15) is 5.11 Å². The number of aliphatic hydroxyl groups is 3. The maximum absolute atomic E-state index is 9.66. The number of pyridine rings is 7. The van der Waals surface area contributed by atoms with Crippen LogP contribution in [0.4, 0.5) is 40.7 Å². The monoisotopic (exact) mass is 1790 g/mol. The van der Waals surface area contributed by atoms with Crippen LogP contribution >= 0.6 is 0 Å². The van der Waals surface area contributed by atoms with E-state index in [1.165, 1.54) is 53.3 Å². The number of hydrogen-bond donors (Lipinski definition) is 10. The summed E-state index contributed by atoms with van der Waals surface area (Å²) in [6, 6.07) is 63.5. The normalized spacial score (nSPS) is 11.5. The number of fused-ring (bicyclic) bond motifs is 21. The van der Waals surface area contributed by atoms with Gasteiger partial charge in [0.15, 0.2) is 40.7 Å². The molecule has 0 spiro atoms. The van der Waals surface area contributed by atoms with Gasteiger partial charge in [0.1, 0.15) is 56.1 Å². The molecular weight excluding hydrogens is 1680 g/mol. The third-order valence-corrected chi connectivity index (χ3v) is 24.1. The predicted octanol–water partition coefficient (Wildman–Crippen LogP) is 18.5. The Kier molecular flexibility index (Phi) is 27.9. The summed E-state index contributed by atoms with van der Waals surface area (Å²) < 4.78 is 14.6. The van der Waals surface area contributed by atoms with E-state index in [1.807, 2.05) is 195 Å². The first-order valence-electron chi connectivity index (χ1n) is 45.1. The smallest absolute Gasteiger partial charge is 0.154 e. The Hall–Kier alpha value is -15.6. The lowest BCUT2D eigenvalue weighted by atomic mass is 10.1. The summed E-state index contributed by atoms with van der Waals surface area (Å²) in [7, 11) is 19.2. The molecule has 0 amide bonds. The first kappa shape index (κ1) is 91.7. The van der Waals surface area contributed by atoms with Gasteiger partial charge in [0, 0.05) is 128 Å². The minimum atomic E-state index is -0.808. The van der Waals surface area contributed by atoms with Crippen molar-refractivity contribution < 1.29 is 15.3 Å². The van der Waals surface area contributed by atoms with Crippen LogP contribution in [0, 0.1) is 34.6 Å². The molecule has 31 nitrogen and oxygen atoms in total. The molecule has 8 aromatic carbocycles. The minimum absolute atomic E-state index is 0.0942. The van der Waals surface area contributed by atoms with Gasteiger partial charge in [-0.15, -0.1) is 0 Å². The molecule has 0 aliphatic heterocycles. The number of anilines is 7. The molecule has 0 bridgehead atoms. The van der Waals surface area contributed by atoms with Gasteiger partial charge in [-0.25, -0.2) is 69.8 Å². The number of aromatic nitrogens is 21. The summed E-state index contributed by atoms with van der Waals surface area (Å²) in [5.41, 5.74) is 24.5. The number of aliphatic hydroxyl groups excluding tert-OH is 3. The SMILES string of the molecule is CCCCCCn1cnc2c(NC)nc3ccccc3c21.CNc1nc2ccc(C)cc2c2c1nc(C)n2C.CNc1nc2ccc(C)cc2c2c1ncn2C.CNc1nc2ccccc2c2c1nc(C)n2C.CNc1nc2ccccc2c2c1nc(C)n2Cc1ccccc1.CNc1nc2ccccc2c2c1ncn2CC(O)CO.CNc1nc2ccccc2c2c1ncn2CCO. The van der Waals surface area contributed by atoms with Crippen LogP contribution in [-0.2, 0) is 47.3 Å². The first-order chi connectivity index (χ1) is 65.2. The van der Waals surface area contributed by atoms with Gasteiger partial charge in [-0.3, -0.25) is 0 Å². The summed E-state index contributed by atoms with van der Waals surface area (Å²) >= 11 is 0. The van der Waals surface area contributed by atoms with E-state index in [0.29, 0.717) is 18.9 Å². The molecule has 14 heterocycles. The van der Waals surface area contributed by atoms with Gasteiger partial charge >= 0.3 is 0 Å². The molecule has 22 aromatic rings. The Morgan fingerprint density at radius 2 is 0.642 bits per heavy atom. The van der Waals surface area contributed by atoms with E-state index in [2.05, 4.69) is 240 Å². The summed E-state index contributed by atoms with van der Waals surface area (Å²) in [4.78, 5) is 63.9. The highest BCUT2D eigenvalue weighted by Gasteiger charge is 2.22. The topological polar surface area (TPSA) is 360 Å². The summed E-state index contributed by atoms with van der Waals surface area (Å²) in [6.45, 7) is 15.0. The number of para-hydroxylation sites is 5. The van der Waals surface area contributed by atoms with Crippen LogP contribution in [0.15, 0.2) is 213 Å². The quantitative estimate of drug-likeness (QED) is 0.0336. The fourth-order valence-electron chi connectivity index (χ4n) is 17.3. The first-order valence-corrected chi connectivity index (χ1v) is 45.1. The van der Waals surface area contributed by atoms with Crippen LogP contribution in [-0.4, -0.2) is 186 Å². The highest BCUT2D eigenvalue weighted by atomic mass is 16.3. The molecular formula is C103H114N28O3. The van der Waals surface area contributed by atoms with Crippen LogP contribution in [0.5, 0.6) is 0 Å². The molecule has 22 rings (SSSR count). The average molecular weight is 1790 g/mol. The van der Waals surface area contributed by atoms with Crippen molar-refractivity contribution in [2.24, 2.45) is 21.1 Å². The lowest BCUT2D eigenvalue weighted by molar-refractivity contribution is 0.0821. The van der Waals surface area contributed by atoms with Crippen molar-refractivity contribution in [3.8, 4) is 0 Å². The van der Waals surface area contributed by atoms with Gasteiger partial charge in [0.25, 0.3) is 0 Å². The molecule has 0 saturated heterocycles. The van der Waals surface area contributed by atoms with Crippen molar-refractivity contribution in [3.05, 3.63) is 248 Å². The number of unbranched alkanes of at least 4 members (excludes halogenated alkanes) is 3. The molecule has 10 N–H and O–H groups in total. The lowest BCUT2D eigenvalue weighted by Crippen LogP contribution is -2.19. The highest BCUT2D eigenvalue weighted by molar-refractivity contribution is 6.13. The van der Waals surface area contributed by atoms with Crippen LogP contribution in [0.3, 0.4) is 0 Å². The zero-order valence-corrected chi connectivity index (χ0v) is 78.6. The van der Waals surface area contributed by atoms with E-state index in [-0.39, 0.29) is 13.2 Å². The molecule has 1 unspecified atom stereocenters. The molecule has 1 atom stereocenters. The Morgan fingerprint density at radius 1 is 0.313 bits per heavy atom. The van der Waals surface area contributed by atoms with Gasteiger partial charge in [-0.2, -0.15) is 0 Å². The van der Waals surface area contributed by atoms with Crippen LogP contribution < -0.4 is 37.2 Å². The molecule has 684 valence electrons. The van der Waals surface area contributed by atoms with Crippen molar-refractivity contribution in [2.75, 3.05) is 99.8 Å². The molecule has 0 aliphatic rings. The Bertz CT molecular complexity index is 7980. The second-order valence-corrected chi connectivity index (χ2v) is 32.9. The highest BCUT2D eigenvalue weighted by Crippen LogP contribution is 2.37. The number of imidazole rings is 7. The van der Waals surface area contributed by atoms with Gasteiger partial charge in [-0.1, -0.05) is 171 Å². The summed E-state index contributed by atoms with van der Waals surface area (Å²) in [6.07, 6.45) is 11.4. The minimum Gasteiger partial charge on any atom is -0.395 e. The molecule has 0 saturated carbocycles. The third kappa shape index (κ3) is 18.4. The predicted molar refractivity (Wildman–Crippen MR) is 549 cm³/mol. The van der Waals surface area contributed by atoms with Gasteiger partial charge in [0.05, 0.1) is 128 Å². The van der Waals surface area contributed by atoms with Crippen molar-refractivity contribution >= 4 is 194 Å².